The number of carbonyl (C=O) groups is 1. The van der Waals surface area contributed by atoms with Crippen LogP contribution in [0.15, 0.2) is 21.9 Å². The fourth-order valence-electron chi connectivity index (χ4n) is 2.79. The van der Waals surface area contributed by atoms with E-state index in [0.29, 0.717) is 0 Å². The van der Waals surface area contributed by atoms with Crippen molar-refractivity contribution in [2.75, 3.05) is 0 Å². The largest absolute Gasteiger partial charge is 0.469 e. The van der Waals surface area contributed by atoms with E-state index in [4.69, 9.17) is 4.42 Å². The van der Waals surface area contributed by atoms with E-state index >= 15 is 0 Å². The Hall–Kier alpha value is -1.76. The number of furan rings is 1. The summed E-state index contributed by atoms with van der Waals surface area (Å²) in [6.07, 6.45) is 1.64. The highest BCUT2D eigenvalue weighted by atomic mass is 32.2. The van der Waals surface area contributed by atoms with Gasteiger partial charge in [-0.3, -0.25) is 4.79 Å². The van der Waals surface area contributed by atoms with Gasteiger partial charge in [-0.25, -0.2) is 0 Å². The van der Waals surface area contributed by atoms with Crippen molar-refractivity contribution in [1.82, 2.24) is 19.7 Å². The van der Waals surface area contributed by atoms with Crippen LogP contribution in [0.1, 0.15) is 40.4 Å². The van der Waals surface area contributed by atoms with E-state index in [2.05, 4.69) is 10.2 Å². The molecule has 1 amide bonds. The number of nitrogens with zero attached hydrogens (tertiary/aromatic N) is 4. The maximum Gasteiger partial charge on any atom is 0.236 e. The van der Waals surface area contributed by atoms with Gasteiger partial charge >= 0.3 is 0 Å². The zero-order valence-corrected chi connectivity index (χ0v) is 16.2. The lowest BCUT2D eigenvalue weighted by Crippen LogP contribution is -2.45. The molecule has 2 aromatic rings. The molecule has 24 heavy (non-hydrogen) atoms. The fraction of sp³-hybridized carbons (Fsp3) is 0.588. The van der Waals surface area contributed by atoms with Gasteiger partial charge in [0.1, 0.15) is 5.76 Å². The molecular formula is C17H26N4O2S. The molecule has 0 fully saturated rings. The summed E-state index contributed by atoms with van der Waals surface area (Å²) >= 11 is 1.43. The Kier molecular flexibility index (Phi) is 5.74. The average molecular weight is 350 g/mol. The van der Waals surface area contributed by atoms with Gasteiger partial charge < -0.3 is 13.9 Å². The zero-order chi connectivity index (χ0) is 18.0. The first-order valence-corrected chi connectivity index (χ1v) is 9.04. The van der Waals surface area contributed by atoms with Gasteiger partial charge in [-0.05, 0) is 47.6 Å². The van der Waals surface area contributed by atoms with Crippen molar-refractivity contribution in [3.05, 3.63) is 18.1 Å². The van der Waals surface area contributed by atoms with E-state index in [1.54, 1.807) is 6.26 Å². The third kappa shape index (κ3) is 3.66. The van der Waals surface area contributed by atoms with E-state index in [1.165, 1.54) is 11.8 Å². The summed E-state index contributed by atoms with van der Waals surface area (Å²) < 4.78 is 7.24. The summed E-state index contributed by atoms with van der Waals surface area (Å²) in [5.41, 5.74) is 0.918. The van der Waals surface area contributed by atoms with E-state index in [0.717, 1.165) is 22.3 Å². The molecule has 1 unspecified atom stereocenters. The minimum absolute atomic E-state index is 0.119. The van der Waals surface area contributed by atoms with Crippen LogP contribution >= 0.6 is 11.8 Å². The SMILES string of the molecule is Cc1occc1-c1nnc(SC(C)C(=O)N(C(C)C)C(C)C)n1C. The Labute approximate surface area is 147 Å². The molecule has 0 aromatic carbocycles. The van der Waals surface area contributed by atoms with E-state index < -0.39 is 0 Å². The fourth-order valence-corrected chi connectivity index (χ4v) is 3.66. The van der Waals surface area contributed by atoms with Gasteiger partial charge in [-0.15, -0.1) is 10.2 Å². The topological polar surface area (TPSA) is 64.2 Å². The third-order valence-electron chi connectivity index (χ3n) is 3.93. The number of hydrogen-bond acceptors (Lipinski definition) is 5. The predicted molar refractivity (Wildman–Crippen MR) is 95.9 cm³/mol. The van der Waals surface area contributed by atoms with Crippen LogP contribution in [-0.4, -0.2) is 42.9 Å². The number of hydrogen-bond donors (Lipinski definition) is 0. The van der Waals surface area contributed by atoms with Gasteiger partial charge in [-0.2, -0.15) is 0 Å². The highest BCUT2D eigenvalue weighted by molar-refractivity contribution is 8.00. The minimum atomic E-state index is -0.226. The molecule has 0 spiro atoms. The van der Waals surface area contributed by atoms with Gasteiger partial charge in [0.25, 0.3) is 0 Å². The molecule has 0 saturated heterocycles. The summed E-state index contributed by atoms with van der Waals surface area (Å²) in [5, 5.41) is 9.00. The zero-order valence-electron chi connectivity index (χ0n) is 15.4. The molecule has 1 atom stereocenters. The van der Waals surface area contributed by atoms with Gasteiger partial charge in [0.2, 0.25) is 5.91 Å². The third-order valence-corrected chi connectivity index (χ3v) is 5.05. The number of rotatable bonds is 6. The van der Waals surface area contributed by atoms with Crippen LogP contribution in [0.5, 0.6) is 0 Å². The molecular weight excluding hydrogens is 324 g/mol. The van der Waals surface area contributed by atoms with Crippen molar-refractivity contribution >= 4 is 17.7 Å². The number of thioether (sulfide) groups is 1. The van der Waals surface area contributed by atoms with Crippen LogP contribution in [0.4, 0.5) is 0 Å². The lowest BCUT2D eigenvalue weighted by Gasteiger charge is -2.32. The monoisotopic (exact) mass is 350 g/mol. The van der Waals surface area contributed by atoms with Crippen molar-refractivity contribution < 1.29 is 9.21 Å². The van der Waals surface area contributed by atoms with Gasteiger partial charge in [0.15, 0.2) is 11.0 Å². The number of aromatic nitrogens is 3. The molecule has 0 bridgehead atoms. The summed E-state index contributed by atoms with van der Waals surface area (Å²) in [6.45, 7) is 12.0. The molecule has 7 heteroatoms. The Morgan fingerprint density at radius 2 is 1.83 bits per heavy atom. The van der Waals surface area contributed by atoms with Crippen molar-refractivity contribution in [3.8, 4) is 11.4 Å². The highest BCUT2D eigenvalue weighted by Crippen LogP contribution is 2.29. The second-order valence-corrected chi connectivity index (χ2v) is 7.76. The van der Waals surface area contributed by atoms with Gasteiger partial charge in [0, 0.05) is 19.1 Å². The molecule has 0 N–H and O–H groups in total. The van der Waals surface area contributed by atoms with Crippen LogP contribution in [0.2, 0.25) is 0 Å². The summed E-state index contributed by atoms with van der Waals surface area (Å²) in [7, 11) is 1.91. The normalized spacial score (nSPS) is 12.9. The van der Waals surface area contributed by atoms with Crippen molar-refractivity contribution in [3.63, 3.8) is 0 Å². The van der Waals surface area contributed by atoms with Gasteiger partial charge in [0.05, 0.1) is 17.1 Å². The molecule has 0 aliphatic heterocycles. The molecule has 0 aliphatic rings. The first-order chi connectivity index (χ1) is 11.2. The van der Waals surface area contributed by atoms with Crippen molar-refractivity contribution in [2.45, 2.75) is 64.0 Å². The molecule has 0 radical (unpaired) electrons. The second-order valence-electron chi connectivity index (χ2n) is 6.45. The minimum Gasteiger partial charge on any atom is -0.469 e. The Bertz CT molecular complexity index is 697. The average Bonchev–Trinajstić information content (AvgIpc) is 3.05. The first kappa shape index (κ1) is 18.6. The summed E-state index contributed by atoms with van der Waals surface area (Å²) in [6, 6.07) is 2.22. The Morgan fingerprint density at radius 1 is 1.21 bits per heavy atom. The Balaban J connectivity index is 2.18. The number of amides is 1. The standard InChI is InChI=1S/C17H26N4O2S/c1-10(2)21(11(3)4)16(22)13(6)24-17-19-18-15(20(17)7)14-8-9-23-12(14)5/h8-11,13H,1-7H3. The molecule has 132 valence electrons. The van der Waals surface area contributed by atoms with Crippen LogP contribution < -0.4 is 0 Å². The highest BCUT2D eigenvalue weighted by Gasteiger charge is 2.27. The molecule has 0 saturated carbocycles. The van der Waals surface area contributed by atoms with Crippen LogP contribution in [0.25, 0.3) is 11.4 Å². The maximum atomic E-state index is 12.8. The Morgan fingerprint density at radius 3 is 2.33 bits per heavy atom. The van der Waals surface area contributed by atoms with E-state index in [-0.39, 0.29) is 23.2 Å². The van der Waals surface area contributed by atoms with E-state index in [9.17, 15) is 4.79 Å². The quantitative estimate of drug-likeness (QED) is 0.746. The molecule has 6 nitrogen and oxygen atoms in total. The molecule has 2 heterocycles. The number of aryl methyl sites for hydroxylation is 1. The van der Waals surface area contributed by atoms with Crippen LogP contribution in [-0.2, 0) is 11.8 Å². The first-order valence-electron chi connectivity index (χ1n) is 8.16. The summed E-state index contributed by atoms with van der Waals surface area (Å²) in [5.74, 6) is 1.67. The van der Waals surface area contributed by atoms with Crippen LogP contribution in [0.3, 0.4) is 0 Å². The second kappa shape index (κ2) is 7.42. The van der Waals surface area contributed by atoms with Crippen molar-refractivity contribution in [1.29, 1.82) is 0 Å². The maximum absolute atomic E-state index is 12.8. The predicted octanol–water partition coefficient (Wildman–Crippen LogP) is 3.51. The van der Waals surface area contributed by atoms with Gasteiger partial charge in [-0.1, -0.05) is 11.8 Å². The molecule has 2 rings (SSSR count). The number of carbonyl (C=O) groups excluding carboxylic acids is 1. The lowest BCUT2D eigenvalue weighted by atomic mass is 10.2. The molecule has 0 aliphatic carbocycles. The van der Waals surface area contributed by atoms with Crippen LogP contribution in [0, 0.1) is 6.92 Å². The lowest BCUT2D eigenvalue weighted by molar-refractivity contribution is -0.133. The van der Waals surface area contributed by atoms with E-state index in [1.807, 2.05) is 64.1 Å². The smallest absolute Gasteiger partial charge is 0.236 e. The summed E-state index contributed by atoms with van der Waals surface area (Å²) in [4.78, 5) is 14.7. The molecule has 2 aromatic heterocycles. The van der Waals surface area contributed by atoms with Crippen molar-refractivity contribution in [2.24, 2.45) is 7.05 Å².